The van der Waals surface area contributed by atoms with Crippen molar-refractivity contribution in [3.8, 4) is 11.5 Å². The highest BCUT2D eigenvalue weighted by atomic mass is 16.7. The molecule has 24 heavy (non-hydrogen) atoms. The van der Waals surface area contributed by atoms with Crippen molar-refractivity contribution in [2.24, 2.45) is 0 Å². The smallest absolute Gasteiger partial charge is 0.250 e. The zero-order valence-corrected chi connectivity index (χ0v) is 14.0. The van der Waals surface area contributed by atoms with E-state index >= 15 is 0 Å². The molecule has 0 spiro atoms. The Labute approximate surface area is 142 Å². The number of hydrogen-bond donors (Lipinski definition) is 0. The SMILES string of the molecule is CCCN(C(=O)/C=C/c1ccc2c(c1)OCO2)c1cccc(C)c1. The van der Waals surface area contributed by atoms with Gasteiger partial charge in [-0.3, -0.25) is 4.79 Å². The number of amides is 1. The molecule has 0 unspecified atom stereocenters. The summed E-state index contributed by atoms with van der Waals surface area (Å²) in [6.45, 7) is 5.03. The standard InChI is InChI=1S/C20H21NO3/c1-3-11-21(17-6-4-5-15(2)12-17)20(22)10-8-16-7-9-18-19(13-16)24-14-23-18/h4-10,12-13H,3,11,14H2,1-2H3/b10-8+. The maximum absolute atomic E-state index is 12.6. The molecule has 0 fully saturated rings. The maximum atomic E-state index is 12.6. The number of rotatable bonds is 5. The average Bonchev–Trinajstić information content (AvgIpc) is 3.05. The van der Waals surface area contributed by atoms with E-state index in [9.17, 15) is 4.79 Å². The largest absolute Gasteiger partial charge is 0.454 e. The average molecular weight is 323 g/mol. The Morgan fingerprint density at radius 3 is 2.79 bits per heavy atom. The molecule has 1 heterocycles. The molecule has 3 rings (SSSR count). The van der Waals surface area contributed by atoms with Crippen LogP contribution in [-0.4, -0.2) is 19.2 Å². The van der Waals surface area contributed by atoms with Gasteiger partial charge in [0, 0.05) is 18.3 Å². The van der Waals surface area contributed by atoms with Crippen molar-refractivity contribution in [1.82, 2.24) is 0 Å². The molecule has 0 N–H and O–H groups in total. The Hall–Kier alpha value is -2.75. The molecule has 0 aliphatic carbocycles. The van der Waals surface area contributed by atoms with Crippen LogP contribution in [0, 0.1) is 6.92 Å². The van der Waals surface area contributed by atoms with Crippen LogP contribution in [0.4, 0.5) is 5.69 Å². The second-order valence-corrected chi connectivity index (χ2v) is 5.77. The quantitative estimate of drug-likeness (QED) is 0.775. The zero-order valence-electron chi connectivity index (χ0n) is 14.0. The van der Waals surface area contributed by atoms with E-state index in [4.69, 9.17) is 9.47 Å². The van der Waals surface area contributed by atoms with Crippen LogP contribution in [0.15, 0.2) is 48.5 Å². The molecular formula is C20H21NO3. The molecule has 124 valence electrons. The zero-order chi connectivity index (χ0) is 16.9. The van der Waals surface area contributed by atoms with Gasteiger partial charge in [-0.25, -0.2) is 0 Å². The second-order valence-electron chi connectivity index (χ2n) is 5.77. The molecule has 1 aliphatic rings. The van der Waals surface area contributed by atoms with Crippen LogP contribution in [0.3, 0.4) is 0 Å². The fraction of sp³-hybridized carbons (Fsp3) is 0.250. The molecule has 0 saturated carbocycles. The molecule has 0 saturated heterocycles. The van der Waals surface area contributed by atoms with Crippen molar-refractivity contribution in [3.63, 3.8) is 0 Å². The summed E-state index contributed by atoms with van der Waals surface area (Å²) in [5.74, 6) is 1.43. The van der Waals surface area contributed by atoms with Crippen molar-refractivity contribution in [3.05, 3.63) is 59.7 Å². The minimum Gasteiger partial charge on any atom is -0.454 e. The van der Waals surface area contributed by atoms with Crippen LogP contribution in [-0.2, 0) is 4.79 Å². The first-order chi connectivity index (χ1) is 11.7. The van der Waals surface area contributed by atoms with Gasteiger partial charge in [0.25, 0.3) is 5.91 Å². The second kappa shape index (κ2) is 7.21. The van der Waals surface area contributed by atoms with Gasteiger partial charge in [0.1, 0.15) is 0 Å². The summed E-state index contributed by atoms with van der Waals surface area (Å²) in [5.41, 5.74) is 2.98. The molecule has 0 bridgehead atoms. The molecule has 2 aromatic rings. The molecule has 1 aliphatic heterocycles. The third-order valence-corrected chi connectivity index (χ3v) is 3.84. The summed E-state index contributed by atoms with van der Waals surface area (Å²) in [6.07, 6.45) is 4.32. The van der Waals surface area contributed by atoms with Crippen LogP contribution in [0.1, 0.15) is 24.5 Å². The van der Waals surface area contributed by atoms with Gasteiger partial charge in [0.05, 0.1) is 0 Å². The number of aryl methyl sites for hydroxylation is 1. The highest BCUT2D eigenvalue weighted by Crippen LogP contribution is 2.32. The third-order valence-electron chi connectivity index (χ3n) is 3.84. The summed E-state index contributed by atoms with van der Waals surface area (Å²) < 4.78 is 10.7. The lowest BCUT2D eigenvalue weighted by Gasteiger charge is -2.21. The number of carbonyl (C=O) groups excluding carboxylic acids is 1. The van der Waals surface area contributed by atoms with E-state index in [1.807, 2.05) is 55.5 Å². The van der Waals surface area contributed by atoms with Crippen LogP contribution in [0.5, 0.6) is 11.5 Å². The number of hydrogen-bond acceptors (Lipinski definition) is 3. The first-order valence-electron chi connectivity index (χ1n) is 8.13. The summed E-state index contributed by atoms with van der Waals surface area (Å²) in [7, 11) is 0. The predicted octanol–water partition coefficient (Wildman–Crippen LogP) is 4.18. The molecule has 4 heteroatoms. The minimum absolute atomic E-state index is 0.0277. The molecular weight excluding hydrogens is 302 g/mol. The van der Waals surface area contributed by atoms with Gasteiger partial charge in [-0.2, -0.15) is 0 Å². The summed E-state index contributed by atoms with van der Waals surface area (Å²) in [6, 6.07) is 13.6. The Morgan fingerprint density at radius 2 is 2.00 bits per heavy atom. The number of ether oxygens (including phenoxy) is 2. The van der Waals surface area contributed by atoms with E-state index in [1.165, 1.54) is 0 Å². The minimum atomic E-state index is -0.0277. The van der Waals surface area contributed by atoms with Crippen LogP contribution in [0.25, 0.3) is 6.08 Å². The third kappa shape index (κ3) is 3.59. The Morgan fingerprint density at radius 1 is 1.17 bits per heavy atom. The first kappa shape index (κ1) is 16.1. The van der Waals surface area contributed by atoms with Gasteiger partial charge in [0.2, 0.25) is 6.79 Å². The number of carbonyl (C=O) groups is 1. The van der Waals surface area contributed by atoms with Gasteiger partial charge in [-0.15, -0.1) is 0 Å². The number of nitrogens with zero attached hydrogens (tertiary/aromatic N) is 1. The first-order valence-corrected chi connectivity index (χ1v) is 8.13. The molecule has 0 atom stereocenters. The highest BCUT2D eigenvalue weighted by molar-refractivity contribution is 6.03. The van der Waals surface area contributed by atoms with E-state index < -0.39 is 0 Å². The Balaban J connectivity index is 1.78. The molecule has 1 amide bonds. The van der Waals surface area contributed by atoms with Gasteiger partial charge >= 0.3 is 0 Å². The highest BCUT2D eigenvalue weighted by Gasteiger charge is 2.14. The summed E-state index contributed by atoms with van der Waals surface area (Å²) >= 11 is 0. The van der Waals surface area contributed by atoms with E-state index in [1.54, 1.807) is 11.0 Å². The number of benzene rings is 2. The van der Waals surface area contributed by atoms with Crippen molar-refractivity contribution in [2.75, 3.05) is 18.2 Å². The summed E-state index contributed by atoms with van der Waals surface area (Å²) in [5, 5.41) is 0. The van der Waals surface area contributed by atoms with E-state index in [0.29, 0.717) is 12.3 Å². The molecule has 0 aromatic heterocycles. The normalized spacial score (nSPS) is 12.6. The molecule has 4 nitrogen and oxygen atoms in total. The number of anilines is 1. The van der Waals surface area contributed by atoms with Gasteiger partial charge in [-0.05, 0) is 54.8 Å². The Bertz CT molecular complexity index is 767. The van der Waals surface area contributed by atoms with Crippen molar-refractivity contribution in [2.45, 2.75) is 20.3 Å². The lowest BCUT2D eigenvalue weighted by atomic mass is 10.1. The van der Waals surface area contributed by atoms with Crippen molar-refractivity contribution in [1.29, 1.82) is 0 Å². The van der Waals surface area contributed by atoms with Gasteiger partial charge in [-0.1, -0.05) is 25.1 Å². The van der Waals surface area contributed by atoms with Gasteiger partial charge in [0.15, 0.2) is 11.5 Å². The fourth-order valence-electron chi connectivity index (χ4n) is 2.66. The molecule has 2 aromatic carbocycles. The Kier molecular flexibility index (Phi) is 4.85. The predicted molar refractivity (Wildman–Crippen MR) is 95.4 cm³/mol. The lowest BCUT2D eigenvalue weighted by molar-refractivity contribution is -0.114. The summed E-state index contributed by atoms with van der Waals surface area (Å²) in [4.78, 5) is 14.4. The fourth-order valence-corrected chi connectivity index (χ4v) is 2.66. The van der Waals surface area contributed by atoms with Crippen molar-refractivity contribution >= 4 is 17.7 Å². The van der Waals surface area contributed by atoms with E-state index in [2.05, 4.69) is 6.92 Å². The maximum Gasteiger partial charge on any atom is 0.250 e. The molecule has 0 radical (unpaired) electrons. The van der Waals surface area contributed by atoms with Crippen LogP contribution in [0.2, 0.25) is 0 Å². The van der Waals surface area contributed by atoms with E-state index in [-0.39, 0.29) is 12.7 Å². The lowest BCUT2D eigenvalue weighted by Crippen LogP contribution is -2.30. The van der Waals surface area contributed by atoms with Gasteiger partial charge < -0.3 is 14.4 Å². The van der Waals surface area contributed by atoms with E-state index in [0.717, 1.165) is 29.0 Å². The van der Waals surface area contributed by atoms with Crippen molar-refractivity contribution < 1.29 is 14.3 Å². The number of fused-ring (bicyclic) bond motifs is 1. The topological polar surface area (TPSA) is 38.8 Å². The monoisotopic (exact) mass is 323 g/mol. The van der Waals surface area contributed by atoms with Crippen LogP contribution < -0.4 is 14.4 Å². The van der Waals surface area contributed by atoms with Crippen LogP contribution >= 0.6 is 0 Å².